The van der Waals surface area contributed by atoms with Crippen LogP contribution < -0.4 is 10.0 Å². The number of thiophene rings is 1. The van der Waals surface area contributed by atoms with E-state index in [0.717, 1.165) is 4.88 Å². The van der Waals surface area contributed by atoms with E-state index >= 15 is 0 Å². The van der Waals surface area contributed by atoms with Gasteiger partial charge in [-0.3, -0.25) is 0 Å². The zero-order valence-corrected chi connectivity index (χ0v) is 13.8. The number of pyridine rings is 1. The predicted molar refractivity (Wildman–Crippen MR) is 86.0 cm³/mol. The highest BCUT2D eigenvalue weighted by molar-refractivity contribution is 7.89. The Bertz CT molecular complexity index is 682. The summed E-state index contributed by atoms with van der Waals surface area (Å²) in [5.41, 5.74) is 0. The maximum absolute atomic E-state index is 12.6. The van der Waals surface area contributed by atoms with Gasteiger partial charge >= 0.3 is 0 Å². The average molecular weight is 325 g/mol. The molecule has 2 N–H and O–H groups in total. The molecular formula is C14H19N3O2S2. The first kappa shape index (κ1) is 15.9. The molecule has 7 heteroatoms. The highest BCUT2D eigenvalue weighted by atomic mass is 32.2. The number of hydrogen-bond donors (Lipinski definition) is 2. The van der Waals surface area contributed by atoms with E-state index in [1.807, 2.05) is 31.4 Å². The van der Waals surface area contributed by atoms with Crippen LogP contribution in [0.2, 0.25) is 0 Å². The molecule has 0 saturated heterocycles. The normalized spacial score (nSPS) is 13.3. The van der Waals surface area contributed by atoms with Crippen molar-refractivity contribution in [3.05, 3.63) is 40.7 Å². The average Bonchev–Trinajstić information content (AvgIpc) is 2.98. The van der Waals surface area contributed by atoms with Crippen LogP contribution in [0.3, 0.4) is 0 Å². The van der Waals surface area contributed by atoms with Crippen molar-refractivity contribution in [3.63, 3.8) is 0 Å². The molecule has 2 heterocycles. The summed E-state index contributed by atoms with van der Waals surface area (Å²) in [5, 5.41) is 4.76. The first-order valence-electron chi connectivity index (χ1n) is 6.64. The van der Waals surface area contributed by atoms with Crippen LogP contribution >= 0.6 is 11.3 Å². The van der Waals surface area contributed by atoms with Gasteiger partial charge in [-0.1, -0.05) is 19.9 Å². The Kier molecular flexibility index (Phi) is 4.97. The maximum atomic E-state index is 12.6. The smallest absolute Gasteiger partial charge is 0.244 e. The number of sulfonamides is 1. The number of aromatic nitrogens is 1. The van der Waals surface area contributed by atoms with E-state index in [2.05, 4.69) is 15.0 Å². The second-order valence-electron chi connectivity index (χ2n) is 4.96. The van der Waals surface area contributed by atoms with E-state index in [0.29, 0.717) is 5.82 Å². The molecule has 21 heavy (non-hydrogen) atoms. The number of anilines is 1. The molecule has 0 aliphatic carbocycles. The quantitative estimate of drug-likeness (QED) is 0.857. The van der Waals surface area contributed by atoms with Crippen molar-refractivity contribution in [2.75, 3.05) is 12.4 Å². The van der Waals surface area contributed by atoms with Crippen molar-refractivity contribution in [1.82, 2.24) is 9.71 Å². The minimum Gasteiger partial charge on any atom is -0.372 e. The Balaban J connectivity index is 2.35. The van der Waals surface area contributed by atoms with E-state index in [1.165, 1.54) is 0 Å². The molecule has 1 atom stereocenters. The van der Waals surface area contributed by atoms with Crippen LogP contribution in [-0.2, 0) is 10.0 Å². The second-order valence-corrected chi connectivity index (χ2v) is 7.62. The van der Waals surface area contributed by atoms with Gasteiger partial charge < -0.3 is 5.32 Å². The van der Waals surface area contributed by atoms with Gasteiger partial charge in [0.15, 0.2) is 0 Å². The van der Waals surface area contributed by atoms with Crippen LogP contribution in [0.15, 0.2) is 40.7 Å². The van der Waals surface area contributed by atoms with Gasteiger partial charge in [-0.2, -0.15) is 0 Å². The van der Waals surface area contributed by atoms with Gasteiger partial charge in [0, 0.05) is 18.1 Å². The molecule has 0 aromatic carbocycles. The Morgan fingerprint density at radius 3 is 2.57 bits per heavy atom. The topological polar surface area (TPSA) is 71.1 Å². The summed E-state index contributed by atoms with van der Waals surface area (Å²) in [6.07, 6.45) is 1.56. The molecule has 2 aromatic heterocycles. The van der Waals surface area contributed by atoms with Gasteiger partial charge in [-0.25, -0.2) is 18.1 Å². The molecule has 0 spiro atoms. The van der Waals surface area contributed by atoms with Crippen molar-refractivity contribution in [1.29, 1.82) is 0 Å². The molecule has 5 nitrogen and oxygen atoms in total. The molecule has 0 saturated carbocycles. The molecule has 0 amide bonds. The molecule has 0 bridgehead atoms. The first-order valence-corrected chi connectivity index (χ1v) is 9.00. The highest BCUT2D eigenvalue weighted by Crippen LogP contribution is 2.28. The Labute approximate surface area is 129 Å². The van der Waals surface area contributed by atoms with Crippen molar-refractivity contribution in [3.8, 4) is 0 Å². The van der Waals surface area contributed by atoms with Crippen molar-refractivity contribution < 1.29 is 8.42 Å². The van der Waals surface area contributed by atoms with E-state index < -0.39 is 10.0 Å². The lowest BCUT2D eigenvalue weighted by Gasteiger charge is -2.21. The lowest BCUT2D eigenvalue weighted by atomic mass is 10.0. The summed E-state index contributed by atoms with van der Waals surface area (Å²) >= 11 is 1.55. The fraction of sp³-hybridized carbons (Fsp3) is 0.357. The number of nitrogens with zero attached hydrogens (tertiary/aromatic N) is 1. The fourth-order valence-electron chi connectivity index (χ4n) is 2.02. The Morgan fingerprint density at radius 1 is 1.24 bits per heavy atom. The summed E-state index contributed by atoms with van der Waals surface area (Å²) in [6.45, 7) is 3.99. The molecule has 0 aliphatic heterocycles. The van der Waals surface area contributed by atoms with Crippen molar-refractivity contribution in [2.24, 2.45) is 5.92 Å². The zero-order chi connectivity index (χ0) is 15.5. The third-order valence-electron chi connectivity index (χ3n) is 3.10. The van der Waals surface area contributed by atoms with Crippen LogP contribution in [0.25, 0.3) is 0 Å². The van der Waals surface area contributed by atoms with E-state index in [-0.39, 0.29) is 16.9 Å². The number of nitrogens with one attached hydrogen (secondary N) is 2. The fourth-order valence-corrected chi connectivity index (χ4v) is 4.57. The van der Waals surface area contributed by atoms with Gasteiger partial charge in [-0.15, -0.1) is 11.3 Å². The van der Waals surface area contributed by atoms with Gasteiger partial charge in [-0.05, 0) is 29.5 Å². The van der Waals surface area contributed by atoms with E-state index in [1.54, 1.807) is 36.7 Å². The summed E-state index contributed by atoms with van der Waals surface area (Å²) in [4.78, 5) is 5.22. The third-order valence-corrected chi connectivity index (χ3v) is 5.52. The number of rotatable bonds is 6. The summed E-state index contributed by atoms with van der Waals surface area (Å²) in [6, 6.07) is 6.78. The number of hydrogen-bond acceptors (Lipinski definition) is 5. The molecule has 114 valence electrons. The standard InChI is InChI=1S/C14H19N3O2S2/c1-10(2)13(11-6-5-9-20-11)17-21(18,19)12-7-4-8-16-14(12)15-3/h4-10,13,17H,1-3H3,(H,15,16). The van der Waals surface area contributed by atoms with E-state index in [9.17, 15) is 8.42 Å². The van der Waals surface area contributed by atoms with Crippen molar-refractivity contribution >= 4 is 27.2 Å². The first-order chi connectivity index (χ1) is 9.95. The summed E-state index contributed by atoms with van der Waals surface area (Å²) < 4.78 is 28.1. The van der Waals surface area contributed by atoms with Crippen LogP contribution in [-0.4, -0.2) is 20.4 Å². The zero-order valence-electron chi connectivity index (χ0n) is 12.2. The maximum Gasteiger partial charge on any atom is 0.244 e. The van der Waals surface area contributed by atoms with Crippen LogP contribution in [0.5, 0.6) is 0 Å². The molecule has 0 fully saturated rings. The molecular weight excluding hydrogens is 306 g/mol. The van der Waals surface area contributed by atoms with Crippen LogP contribution in [0.1, 0.15) is 24.8 Å². The monoisotopic (exact) mass is 325 g/mol. The third kappa shape index (κ3) is 3.61. The summed E-state index contributed by atoms with van der Waals surface area (Å²) in [7, 11) is -1.99. The van der Waals surface area contributed by atoms with Gasteiger partial charge in [0.25, 0.3) is 0 Å². The largest absolute Gasteiger partial charge is 0.372 e. The Morgan fingerprint density at radius 2 is 2.00 bits per heavy atom. The minimum atomic E-state index is -3.64. The van der Waals surface area contributed by atoms with E-state index in [4.69, 9.17) is 0 Å². The SMILES string of the molecule is CNc1ncccc1S(=O)(=O)NC(c1cccs1)C(C)C. The molecule has 0 radical (unpaired) electrons. The summed E-state index contributed by atoms with van der Waals surface area (Å²) in [5.74, 6) is 0.492. The molecule has 2 aromatic rings. The minimum absolute atomic E-state index is 0.146. The van der Waals surface area contributed by atoms with Crippen molar-refractivity contribution in [2.45, 2.75) is 24.8 Å². The van der Waals surface area contributed by atoms with Crippen LogP contribution in [0, 0.1) is 5.92 Å². The second kappa shape index (κ2) is 6.55. The lowest BCUT2D eigenvalue weighted by molar-refractivity contribution is 0.469. The molecule has 2 rings (SSSR count). The van der Waals surface area contributed by atoms with Gasteiger partial charge in [0.2, 0.25) is 10.0 Å². The Hall–Kier alpha value is -1.44. The molecule has 1 unspecified atom stereocenters. The predicted octanol–water partition coefficient (Wildman–Crippen LogP) is 2.86. The van der Waals surface area contributed by atoms with Crippen LogP contribution in [0.4, 0.5) is 5.82 Å². The molecule has 0 aliphatic rings. The highest BCUT2D eigenvalue weighted by Gasteiger charge is 2.26. The van der Waals surface area contributed by atoms with Gasteiger partial charge in [0.1, 0.15) is 10.7 Å². The van der Waals surface area contributed by atoms with Gasteiger partial charge in [0.05, 0.1) is 6.04 Å². The lowest BCUT2D eigenvalue weighted by Crippen LogP contribution is -2.31.